The zero-order chi connectivity index (χ0) is 34.1. The standard InChI is InChI=1S/C35H45N9O3Si/c1-48(2,3)20-19-47-25-28-5-8-29(21-31(28)32(22-36)41-37)40-35(46)27-11-14-42(23-27)24-33(45)44-17-15-43(16-18-44)30-9-6-26(7-10-30)34-38-12-4-13-39-34/h4-10,12-13,21,27H,11,14-20,23-25,37H2,1-3H3,(H,40,46)/b41-32+/t27-/m1/s1. The fourth-order valence-electron chi connectivity index (χ4n) is 5.93. The number of carbonyl (C=O) groups excluding carboxylic acids is 2. The van der Waals surface area contributed by atoms with Gasteiger partial charge in [-0.3, -0.25) is 14.5 Å². The largest absolute Gasteiger partial charge is 0.377 e. The molecule has 0 unspecified atom stereocenters. The van der Waals surface area contributed by atoms with Crippen molar-refractivity contribution < 1.29 is 14.3 Å². The monoisotopic (exact) mass is 667 g/mol. The zero-order valence-corrected chi connectivity index (χ0v) is 29.1. The van der Waals surface area contributed by atoms with Gasteiger partial charge in [-0.25, -0.2) is 9.97 Å². The topological polar surface area (TPSA) is 153 Å². The summed E-state index contributed by atoms with van der Waals surface area (Å²) < 4.78 is 5.91. The molecule has 3 aromatic rings. The first-order chi connectivity index (χ1) is 23.1. The maximum absolute atomic E-state index is 13.2. The van der Waals surface area contributed by atoms with Crippen LogP contribution in [0.2, 0.25) is 25.7 Å². The van der Waals surface area contributed by atoms with Gasteiger partial charge < -0.3 is 25.7 Å². The van der Waals surface area contributed by atoms with E-state index >= 15 is 0 Å². The summed E-state index contributed by atoms with van der Waals surface area (Å²) in [4.78, 5) is 41.3. The lowest BCUT2D eigenvalue weighted by molar-refractivity contribution is -0.132. The van der Waals surface area contributed by atoms with E-state index in [2.05, 4.69) is 62.0 Å². The second kappa shape index (κ2) is 16.0. The van der Waals surface area contributed by atoms with Crippen LogP contribution in [-0.2, 0) is 20.9 Å². The van der Waals surface area contributed by atoms with Crippen molar-refractivity contribution in [1.29, 1.82) is 5.26 Å². The van der Waals surface area contributed by atoms with Crippen LogP contribution in [0.1, 0.15) is 17.5 Å². The van der Waals surface area contributed by atoms with E-state index in [4.69, 9.17) is 10.6 Å². The molecule has 48 heavy (non-hydrogen) atoms. The Morgan fingerprint density at radius 3 is 2.46 bits per heavy atom. The molecular weight excluding hydrogens is 623 g/mol. The third kappa shape index (κ3) is 9.24. The molecule has 1 atom stereocenters. The van der Waals surface area contributed by atoms with Crippen LogP contribution in [0.15, 0.2) is 66.0 Å². The summed E-state index contributed by atoms with van der Waals surface area (Å²) in [5.41, 5.74) is 4.06. The first-order valence-electron chi connectivity index (χ1n) is 16.5. The minimum absolute atomic E-state index is 0.0809. The number of nitriles is 1. The molecular formula is C35H45N9O3Si. The summed E-state index contributed by atoms with van der Waals surface area (Å²) in [6, 6.07) is 18.5. The number of rotatable bonds is 12. The summed E-state index contributed by atoms with van der Waals surface area (Å²) in [5, 5.41) is 16.3. The number of benzene rings is 2. The molecule has 2 saturated heterocycles. The van der Waals surface area contributed by atoms with Gasteiger partial charge in [0.05, 0.1) is 19.1 Å². The smallest absolute Gasteiger partial charge is 0.236 e. The van der Waals surface area contributed by atoms with Gasteiger partial charge in [-0.15, -0.1) is 0 Å². The molecule has 1 aromatic heterocycles. The van der Waals surface area contributed by atoms with Crippen LogP contribution in [0.25, 0.3) is 11.4 Å². The quantitative estimate of drug-likeness (QED) is 0.0966. The number of amides is 2. The van der Waals surface area contributed by atoms with E-state index in [1.165, 1.54) is 0 Å². The van der Waals surface area contributed by atoms with E-state index in [9.17, 15) is 14.9 Å². The van der Waals surface area contributed by atoms with Gasteiger partial charge in [-0.2, -0.15) is 10.4 Å². The molecule has 0 spiro atoms. The van der Waals surface area contributed by atoms with E-state index in [0.29, 0.717) is 69.4 Å². The first kappa shape index (κ1) is 34.7. The summed E-state index contributed by atoms with van der Waals surface area (Å²) in [7, 11) is -1.23. The Kier molecular flexibility index (Phi) is 11.5. The number of aromatic nitrogens is 2. The maximum atomic E-state index is 13.2. The summed E-state index contributed by atoms with van der Waals surface area (Å²) in [6.07, 6.45) is 4.14. The SMILES string of the molecule is C[Si](C)(C)CCOCc1ccc(NC(=O)[C@@H]2CCN(CC(=O)N3CCN(c4ccc(-c5ncccn5)cc4)CC3)C2)cc1/C(C#N)=N/N. The number of piperazine rings is 1. The Labute approximate surface area is 283 Å². The van der Waals surface area contributed by atoms with E-state index in [-0.39, 0.29) is 23.4 Å². The highest BCUT2D eigenvalue weighted by atomic mass is 28.3. The predicted octanol–water partition coefficient (Wildman–Crippen LogP) is 3.79. The normalized spacial score (nSPS) is 17.3. The second-order valence-corrected chi connectivity index (χ2v) is 19.1. The molecule has 2 aliphatic heterocycles. The van der Waals surface area contributed by atoms with Crippen molar-refractivity contribution in [2.75, 3.05) is 62.6 Å². The fourth-order valence-corrected chi connectivity index (χ4v) is 6.69. The zero-order valence-electron chi connectivity index (χ0n) is 28.1. The molecule has 3 N–H and O–H groups in total. The molecule has 2 aliphatic rings. The van der Waals surface area contributed by atoms with Gasteiger partial charge in [-0.1, -0.05) is 25.7 Å². The molecule has 3 heterocycles. The van der Waals surface area contributed by atoms with Gasteiger partial charge in [0.25, 0.3) is 0 Å². The van der Waals surface area contributed by atoms with E-state index in [1.54, 1.807) is 24.5 Å². The number of nitrogens with two attached hydrogens (primary N) is 1. The Morgan fingerprint density at radius 1 is 1.06 bits per heavy atom. The fraction of sp³-hybridized carbons (Fsp3) is 0.429. The van der Waals surface area contributed by atoms with Crippen molar-refractivity contribution in [3.05, 3.63) is 72.1 Å². The maximum Gasteiger partial charge on any atom is 0.236 e. The van der Waals surface area contributed by atoms with Crippen molar-refractivity contribution in [3.63, 3.8) is 0 Å². The van der Waals surface area contributed by atoms with E-state index in [1.807, 2.05) is 35.2 Å². The third-order valence-corrected chi connectivity index (χ3v) is 10.5. The van der Waals surface area contributed by atoms with Crippen molar-refractivity contribution in [2.45, 2.75) is 38.7 Å². The molecule has 12 nitrogen and oxygen atoms in total. The molecule has 2 fully saturated rings. The average molecular weight is 668 g/mol. The Hall–Kier alpha value is -4.64. The lowest BCUT2D eigenvalue weighted by Crippen LogP contribution is -2.51. The van der Waals surface area contributed by atoms with Crippen LogP contribution in [0.4, 0.5) is 11.4 Å². The van der Waals surface area contributed by atoms with E-state index in [0.717, 1.165) is 35.9 Å². The number of hydrogen-bond donors (Lipinski definition) is 2. The third-order valence-electron chi connectivity index (χ3n) is 8.81. The van der Waals surface area contributed by atoms with Gasteiger partial charge >= 0.3 is 0 Å². The Morgan fingerprint density at radius 2 is 1.79 bits per heavy atom. The Bertz CT molecular complexity index is 1630. The van der Waals surface area contributed by atoms with Crippen LogP contribution in [0.3, 0.4) is 0 Å². The van der Waals surface area contributed by atoms with Gasteiger partial charge in [0.15, 0.2) is 11.5 Å². The first-order valence-corrected chi connectivity index (χ1v) is 20.2. The van der Waals surface area contributed by atoms with Crippen molar-refractivity contribution >= 4 is 37.0 Å². The number of anilines is 2. The molecule has 0 saturated carbocycles. The minimum atomic E-state index is -1.23. The number of ether oxygens (including phenoxy) is 1. The lowest BCUT2D eigenvalue weighted by Gasteiger charge is -2.36. The molecule has 2 aromatic carbocycles. The highest BCUT2D eigenvalue weighted by Gasteiger charge is 2.31. The number of hydrazone groups is 1. The number of hydrogen-bond acceptors (Lipinski definition) is 10. The molecule has 252 valence electrons. The minimum Gasteiger partial charge on any atom is -0.377 e. The average Bonchev–Trinajstić information content (AvgIpc) is 3.57. The van der Waals surface area contributed by atoms with Crippen LogP contribution in [0.5, 0.6) is 0 Å². The van der Waals surface area contributed by atoms with Crippen LogP contribution in [0, 0.1) is 17.2 Å². The molecule has 0 aliphatic carbocycles. The van der Waals surface area contributed by atoms with Gasteiger partial charge in [-0.05, 0) is 67.0 Å². The molecule has 0 bridgehead atoms. The summed E-state index contributed by atoms with van der Waals surface area (Å²) in [6.45, 7) is 12.2. The highest BCUT2D eigenvalue weighted by molar-refractivity contribution is 6.76. The number of nitrogens with zero attached hydrogens (tertiary/aromatic N) is 7. The Balaban J connectivity index is 1.09. The van der Waals surface area contributed by atoms with Gasteiger partial charge in [0, 0.05) is 82.3 Å². The second-order valence-electron chi connectivity index (χ2n) is 13.5. The highest BCUT2D eigenvalue weighted by Crippen LogP contribution is 2.24. The molecule has 2 amide bonds. The number of carbonyl (C=O) groups is 2. The summed E-state index contributed by atoms with van der Waals surface area (Å²) >= 11 is 0. The number of likely N-dealkylation sites (tertiary alicyclic amines) is 1. The molecule has 13 heteroatoms. The molecule has 0 radical (unpaired) electrons. The van der Waals surface area contributed by atoms with Crippen molar-refractivity contribution in [3.8, 4) is 17.5 Å². The van der Waals surface area contributed by atoms with Crippen molar-refractivity contribution in [1.82, 2.24) is 19.8 Å². The van der Waals surface area contributed by atoms with Crippen LogP contribution < -0.4 is 16.1 Å². The van der Waals surface area contributed by atoms with Crippen molar-refractivity contribution in [2.24, 2.45) is 16.9 Å². The van der Waals surface area contributed by atoms with E-state index < -0.39 is 8.07 Å². The van der Waals surface area contributed by atoms with Crippen LogP contribution in [-0.4, -0.2) is 97.8 Å². The molecule has 5 rings (SSSR count). The van der Waals surface area contributed by atoms with Crippen LogP contribution >= 0.6 is 0 Å². The van der Waals surface area contributed by atoms with Gasteiger partial charge in [0.1, 0.15) is 6.07 Å². The predicted molar refractivity (Wildman–Crippen MR) is 190 cm³/mol. The number of nitrogens with one attached hydrogen (secondary N) is 1. The summed E-state index contributed by atoms with van der Waals surface area (Å²) in [5.74, 6) is 5.94. The lowest BCUT2D eigenvalue weighted by atomic mass is 10.0. The van der Waals surface area contributed by atoms with Gasteiger partial charge in [0.2, 0.25) is 11.8 Å².